The molecule has 1 saturated carbocycles. The average molecular weight is 356 g/mol. The number of halogens is 2. The van der Waals surface area contributed by atoms with Crippen LogP contribution in [0, 0.1) is 5.82 Å². The smallest absolute Gasteiger partial charge is 0.266 e. The predicted molar refractivity (Wildman–Crippen MR) is 93.3 cm³/mol. The molecule has 0 radical (unpaired) electrons. The molecule has 6 heteroatoms. The highest BCUT2D eigenvalue weighted by Crippen LogP contribution is 2.38. The van der Waals surface area contributed by atoms with Gasteiger partial charge in [-0.2, -0.15) is 0 Å². The van der Waals surface area contributed by atoms with Gasteiger partial charge in [0, 0.05) is 11.6 Å². The normalized spacial score (nSPS) is 21.9. The summed E-state index contributed by atoms with van der Waals surface area (Å²) in [6.07, 6.45) is 6.95. The zero-order valence-electron chi connectivity index (χ0n) is 11.9. The molecule has 0 atom stereocenters. The maximum Gasteiger partial charge on any atom is 0.266 e. The van der Waals surface area contributed by atoms with Crippen LogP contribution >= 0.6 is 35.6 Å². The summed E-state index contributed by atoms with van der Waals surface area (Å²) >= 11 is 12.6. The summed E-state index contributed by atoms with van der Waals surface area (Å²) in [5.41, 5.74) is 0.244. The monoisotopic (exact) mass is 355 g/mol. The van der Waals surface area contributed by atoms with Crippen molar-refractivity contribution in [3.8, 4) is 0 Å². The Morgan fingerprint density at radius 3 is 2.73 bits per heavy atom. The Balaban J connectivity index is 1.89. The number of carbonyl (C=O) groups is 1. The Morgan fingerprint density at radius 1 is 1.32 bits per heavy atom. The van der Waals surface area contributed by atoms with E-state index in [9.17, 15) is 9.18 Å². The zero-order chi connectivity index (χ0) is 15.7. The quantitative estimate of drug-likeness (QED) is 0.549. The van der Waals surface area contributed by atoms with Crippen LogP contribution in [0.2, 0.25) is 5.02 Å². The molecule has 3 rings (SSSR count). The average Bonchev–Trinajstić information content (AvgIpc) is 2.78. The van der Waals surface area contributed by atoms with Crippen LogP contribution in [-0.2, 0) is 4.79 Å². The minimum absolute atomic E-state index is 0.124. The molecule has 2 nitrogen and oxygen atoms in total. The van der Waals surface area contributed by atoms with Gasteiger partial charge in [-0.25, -0.2) is 4.39 Å². The Morgan fingerprint density at radius 2 is 2.05 bits per heavy atom. The van der Waals surface area contributed by atoms with Crippen molar-refractivity contribution in [2.45, 2.75) is 38.1 Å². The van der Waals surface area contributed by atoms with E-state index in [0.717, 1.165) is 25.7 Å². The molecule has 1 aromatic carbocycles. The molecule has 1 heterocycles. The molecular formula is C16H15ClFNOS2. The molecule has 22 heavy (non-hydrogen) atoms. The molecule has 1 saturated heterocycles. The first kappa shape index (κ1) is 16.0. The van der Waals surface area contributed by atoms with Crippen LogP contribution in [0.1, 0.15) is 37.7 Å². The third-order valence-electron chi connectivity index (χ3n) is 4.04. The number of hydrogen-bond acceptors (Lipinski definition) is 3. The van der Waals surface area contributed by atoms with Crippen LogP contribution in [0.15, 0.2) is 23.1 Å². The molecule has 0 aromatic heterocycles. The van der Waals surface area contributed by atoms with Gasteiger partial charge in [0.15, 0.2) is 0 Å². The molecule has 2 aliphatic rings. The van der Waals surface area contributed by atoms with E-state index in [2.05, 4.69) is 0 Å². The van der Waals surface area contributed by atoms with Crippen LogP contribution in [0.3, 0.4) is 0 Å². The second kappa shape index (κ2) is 6.69. The molecular weight excluding hydrogens is 341 g/mol. The van der Waals surface area contributed by atoms with E-state index in [0.29, 0.717) is 14.2 Å². The number of benzene rings is 1. The van der Waals surface area contributed by atoms with Crippen molar-refractivity contribution in [3.05, 3.63) is 39.5 Å². The third-order valence-corrected chi connectivity index (χ3v) is 5.70. The second-order valence-corrected chi connectivity index (χ2v) is 7.56. The summed E-state index contributed by atoms with van der Waals surface area (Å²) in [5, 5.41) is 0.294. The van der Waals surface area contributed by atoms with Crippen molar-refractivity contribution in [1.29, 1.82) is 0 Å². The molecule has 0 N–H and O–H groups in total. The topological polar surface area (TPSA) is 20.3 Å². The van der Waals surface area contributed by atoms with Crippen LogP contribution in [0.5, 0.6) is 0 Å². The lowest BCUT2D eigenvalue weighted by molar-refractivity contribution is -0.124. The number of amides is 1. The van der Waals surface area contributed by atoms with Crippen molar-refractivity contribution in [2.75, 3.05) is 0 Å². The lowest BCUT2D eigenvalue weighted by Gasteiger charge is -2.29. The van der Waals surface area contributed by atoms with Crippen LogP contribution in [0.25, 0.3) is 6.08 Å². The largest absolute Gasteiger partial charge is 0.290 e. The second-order valence-electron chi connectivity index (χ2n) is 5.48. The zero-order valence-corrected chi connectivity index (χ0v) is 14.2. The van der Waals surface area contributed by atoms with Gasteiger partial charge in [0.05, 0.1) is 9.93 Å². The Hall–Kier alpha value is -0.910. The van der Waals surface area contributed by atoms with Crippen LogP contribution in [-0.4, -0.2) is 21.2 Å². The molecule has 1 aliphatic heterocycles. The van der Waals surface area contributed by atoms with Crippen molar-refractivity contribution in [3.63, 3.8) is 0 Å². The van der Waals surface area contributed by atoms with Crippen molar-refractivity contribution >= 4 is 51.9 Å². The van der Waals surface area contributed by atoms with Crippen LogP contribution < -0.4 is 0 Å². The third kappa shape index (κ3) is 3.07. The summed E-state index contributed by atoms with van der Waals surface area (Å²) in [6, 6.07) is 4.67. The highest BCUT2D eigenvalue weighted by molar-refractivity contribution is 8.26. The van der Waals surface area contributed by atoms with E-state index in [4.69, 9.17) is 23.8 Å². The first-order valence-electron chi connectivity index (χ1n) is 7.29. The Kier molecular flexibility index (Phi) is 4.85. The van der Waals surface area contributed by atoms with Gasteiger partial charge in [0.2, 0.25) is 0 Å². The van der Waals surface area contributed by atoms with Gasteiger partial charge in [-0.3, -0.25) is 9.69 Å². The molecule has 2 fully saturated rings. The van der Waals surface area contributed by atoms with Gasteiger partial charge in [0.25, 0.3) is 5.91 Å². The fourth-order valence-electron chi connectivity index (χ4n) is 2.91. The fourth-order valence-corrected chi connectivity index (χ4v) is 4.51. The molecule has 0 bridgehead atoms. The van der Waals surface area contributed by atoms with Crippen LogP contribution in [0.4, 0.5) is 4.39 Å². The highest BCUT2D eigenvalue weighted by Gasteiger charge is 2.37. The fraction of sp³-hybridized carbons (Fsp3) is 0.375. The molecule has 116 valence electrons. The Labute approximate surface area is 143 Å². The van der Waals surface area contributed by atoms with E-state index < -0.39 is 5.82 Å². The predicted octanol–water partition coefficient (Wildman–Crippen LogP) is 5.01. The summed E-state index contributed by atoms with van der Waals surface area (Å²) in [7, 11) is 0. The Bertz CT molecular complexity index is 635. The van der Waals surface area contributed by atoms with Gasteiger partial charge in [-0.05, 0) is 31.1 Å². The van der Waals surface area contributed by atoms with E-state index in [-0.39, 0.29) is 17.5 Å². The molecule has 0 spiro atoms. The maximum atomic E-state index is 13.9. The van der Waals surface area contributed by atoms with Gasteiger partial charge < -0.3 is 0 Å². The minimum Gasteiger partial charge on any atom is -0.290 e. The number of carbonyl (C=O) groups excluding carboxylic acids is 1. The molecule has 1 amide bonds. The lowest BCUT2D eigenvalue weighted by Crippen LogP contribution is -2.39. The van der Waals surface area contributed by atoms with E-state index in [1.54, 1.807) is 17.0 Å². The molecule has 1 aliphatic carbocycles. The lowest BCUT2D eigenvalue weighted by atomic mass is 9.94. The summed E-state index contributed by atoms with van der Waals surface area (Å²) in [4.78, 5) is 14.8. The molecule has 1 aromatic rings. The van der Waals surface area contributed by atoms with Gasteiger partial charge in [-0.1, -0.05) is 60.9 Å². The van der Waals surface area contributed by atoms with E-state index in [1.807, 2.05) is 0 Å². The van der Waals surface area contributed by atoms with E-state index >= 15 is 0 Å². The number of nitrogens with zero attached hydrogens (tertiary/aromatic N) is 1. The molecule has 0 unspecified atom stereocenters. The van der Waals surface area contributed by atoms with Crippen molar-refractivity contribution in [2.24, 2.45) is 0 Å². The van der Waals surface area contributed by atoms with E-state index in [1.165, 1.54) is 30.3 Å². The number of hydrogen-bond donors (Lipinski definition) is 0. The van der Waals surface area contributed by atoms with Gasteiger partial charge in [-0.15, -0.1) is 0 Å². The standard InChI is InChI=1S/C16H15ClFNOS2/c17-12-7-4-8-13(18)11(12)9-14-15(20)19(16(21)22-14)10-5-2-1-3-6-10/h4,7-10H,1-3,5-6H2. The van der Waals surface area contributed by atoms with Gasteiger partial charge in [0.1, 0.15) is 10.1 Å². The maximum absolute atomic E-state index is 13.9. The number of thiocarbonyl (C=S) groups is 1. The number of rotatable bonds is 2. The van der Waals surface area contributed by atoms with Crippen molar-refractivity contribution < 1.29 is 9.18 Å². The summed E-state index contributed by atoms with van der Waals surface area (Å²) in [6.45, 7) is 0. The van der Waals surface area contributed by atoms with Crippen molar-refractivity contribution in [1.82, 2.24) is 4.90 Å². The highest BCUT2D eigenvalue weighted by atomic mass is 35.5. The minimum atomic E-state index is -0.435. The summed E-state index contributed by atoms with van der Waals surface area (Å²) in [5.74, 6) is -0.559. The number of thioether (sulfide) groups is 1. The first-order chi connectivity index (χ1) is 10.6. The SMILES string of the molecule is O=C1C(=Cc2c(F)cccc2Cl)SC(=S)N1C1CCCCC1. The summed E-state index contributed by atoms with van der Waals surface area (Å²) < 4.78 is 14.4. The van der Waals surface area contributed by atoms with Gasteiger partial charge >= 0.3 is 0 Å². The first-order valence-corrected chi connectivity index (χ1v) is 8.89.